The van der Waals surface area contributed by atoms with Crippen LogP contribution in [0.25, 0.3) is 0 Å². The molecule has 1 rings (SSSR count). The number of hydrogen-bond donors (Lipinski definition) is 2. The Morgan fingerprint density at radius 1 is 1.15 bits per heavy atom. The summed E-state index contributed by atoms with van der Waals surface area (Å²) in [6.07, 6.45) is 1.57. The van der Waals surface area contributed by atoms with Gasteiger partial charge in [-0.25, -0.2) is 0 Å². The number of amidine groups is 1. The lowest BCUT2D eigenvalue weighted by Crippen LogP contribution is -2.27. The average Bonchev–Trinajstić information content (AvgIpc) is 2.63. The van der Waals surface area contributed by atoms with Crippen molar-refractivity contribution in [3.05, 3.63) is 17.7 Å². The maximum absolute atomic E-state index is 11.9. The minimum Gasteiger partial charge on any atom is -0.493 e. The molecule has 0 spiro atoms. The van der Waals surface area contributed by atoms with Crippen molar-refractivity contribution in [2.75, 3.05) is 27.9 Å². The average molecular weight is 367 g/mol. The van der Waals surface area contributed by atoms with Crippen LogP contribution in [0.3, 0.4) is 0 Å². The van der Waals surface area contributed by atoms with Gasteiger partial charge in [0.05, 0.1) is 21.3 Å². The third-order valence-corrected chi connectivity index (χ3v) is 3.57. The van der Waals surface area contributed by atoms with Gasteiger partial charge in [-0.2, -0.15) is 0 Å². The van der Waals surface area contributed by atoms with Gasteiger partial charge in [0.15, 0.2) is 18.1 Å². The molecule has 146 valence electrons. The second-order valence-corrected chi connectivity index (χ2v) is 6.10. The molecule has 3 N–H and O–H groups in total. The Balaban J connectivity index is 2.53. The third kappa shape index (κ3) is 7.08. The number of hydrogen-bond acceptors (Lipinski definition) is 6. The van der Waals surface area contributed by atoms with Crippen LogP contribution in [0.5, 0.6) is 17.2 Å². The van der Waals surface area contributed by atoms with Crippen molar-refractivity contribution in [3.8, 4) is 17.2 Å². The summed E-state index contributed by atoms with van der Waals surface area (Å²) < 4.78 is 15.8. The van der Waals surface area contributed by atoms with Gasteiger partial charge in [0.1, 0.15) is 5.84 Å². The van der Waals surface area contributed by atoms with Gasteiger partial charge in [0.25, 0.3) is 5.91 Å². The van der Waals surface area contributed by atoms with Crippen LogP contribution in [0.2, 0.25) is 0 Å². The number of carbonyl (C=O) groups is 1. The molecule has 0 bridgehead atoms. The largest absolute Gasteiger partial charge is 0.493 e. The predicted molar refractivity (Wildman–Crippen MR) is 99.6 cm³/mol. The number of amides is 1. The molecule has 1 aromatic carbocycles. The van der Waals surface area contributed by atoms with Crippen molar-refractivity contribution in [2.45, 2.75) is 33.2 Å². The topological polar surface area (TPSA) is 104 Å². The first-order valence-corrected chi connectivity index (χ1v) is 8.41. The number of carbonyl (C=O) groups excluding carboxylic acids is 1. The zero-order chi connectivity index (χ0) is 19.5. The molecule has 8 nitrogen and oxygen atoms in total. The van der Waals surface area contributed by atoms with Crippen LogP contribution in [0.1, 0.15) is 32.3 Å². The first-order chi connectivity index (χ1) is 12.4. The Hall–Kier alpha value is -2.64. The van der Waals surface area contributed by atoms with Gasteiger partial charge in [0, 0.05) is 13.0 Å². The fraction of sp³-hybridized carbons (Fsp3) is 0.556. The molecule has 0 aliphatic rings. The van der Waals surface area contributed by atoms with Gasteiger partial charge in [0.2, 0.25) is 5.75 Å². The van der Waals surface area contributed by atoms with E-state index in [1.165, 1.54) is 21.3 Å². The smallest absolute Gasteiger partial charge is 0.261 e. The molecule has 0 saturated carbocycles. The molecule has 0 fully saturated rings. The first kappa shape index (κ1) is 21.4. The van der Waals surface area contributed by atoms with Crippen molar-refractivity contribution in [2.24, 2.45) is 16.8 Å². The van der Waals surface area contributed by atoms with E-state index in [1.807, 2.05) is 0 Å². The van der Waals surface area contributed by atoms with Gasteiger partial charge in [-0.3, -0.25) is 4.79 Å². The van der Waals surface area contributed by atoms with E-state index >= 15 is 0 Å². The van der Waals surface area contributed by atoms with Gasteiger partial charge in [-0.1, -0.05) is 19.0 Å². The second kappa shape index (κ2) is 11.1. The molecule has 1 amide bonds. The van der Waals surface area contributed by atoms with Crippen molar-refractivity contribution < 1.29 is 23.8 Å². The van der Waals surface area contributed by atoms with Gasteiger partial charge in [-0.05, 0) is 30.0 Å². The van der Waals surface area contributed by atoms with E-state index in [1.54, 1.807) is 12.1 Å². The maximum atomic E-state index is 11.9. The molecule has 0 atom stereocenters. The minimum absolute atomic E-state index is 0.202. The quantitative estimate of drug-likeness (QED) is 0.352. The van der Waals surface area contributed by atoms with Gasteiger partial charge >= 0.3 is 0 Å². The molecule has 8 heteroatoms. The number of ether oxygens (including phenoxy) is 3. The summed E-state index contributed by atoms with van der Waals surface area (Å²) in [5.74, 6) is 2.16. The number of nitrogens with one attached hydrogen (secondary N) is 1. The zero-order valence-electron chi connectivity index (χ0n) is 16.1. The van der Waals surface area contributed by atoms with Crippen LogP contribution in [0.15, 0.2) is 17.3 Å². The summed E-state index contributed by atoms with van der Waals surface area (Å²) in [6.45, 7) is 4.29. The van der Waals surface area contributed by atoms with Crippen molar-refractivity contribution >= 4 is 11.7 Å². The molecule has 0 saturated heterocycles. The number of nitrogens with two attached hydrogens (primary N) is 1. The molecule has 26 heavy (non-hydrogen) atoms. The van der Waals surface area contributed by atoms with Crippen LogP contribution in [-0.2, 0) is 16.2 Å². The first-order valence-electron chi connectivity index (χ1n) is 8.41. The van der Waals surface area contributed by atoms with Gasteiger partial charge < -0.3 is 30.1 Å². The Morgan fingerprint density at radius 2 is 1.77 bits per heavy atom. The molecule has 0 heterocycles. The lowest BCUT2D eigenvalue weighted by atomic mass is 10.1. The van der Waals surface area contributed by atoms with E-state index in [9.17, 15) is 4.79 Å². The van der Waals surface area contributed by atoms with E-state index in [-0.39, 0.29) is 19.1 Å². The van der Waals surface area contributed by atoms with Crippen molar-refractivity contribution in [1.82, 2.24) is 5.32 Å². The monoisotopic (exact) mass is 367 g/mol. The predicted octanol–water partition coefficient (Wildman–Crippen LogP) is 2.05. The fourth-order valence-electron chi connectivity index (χ4n) is 2.15. The number of rotatable bonds is 11. The molecule has 0 aliphatic heterocycles. The van der Waals surface area contributed by atoms with Crippen molar-refractivity contribution in [3.63, 3.8) is 0 Å². The van der Waals surface area contributed by atoms with Crippen LogP contribution in [0.4, 0.5) is 0 Å². The summed E-state index contributed by atoms with van der Waals surface area (Å²) in [5, 5.41) is 6.48. The van der Waals surface area contributed by atoms with Crippen molar-refractivity contribution in [1.29, 1.82) is 0 Å². The van der Waals surface area contributed by atoms with E-state index in [0.29, 0.717) is 35.4 Å². The summed E-state index contributed by atoms with van der Waals surface area (Å²) >= 11 is 0. The SMILES string of the molecule is COc1cc(CNC(=O)CO/N=C(\N)CCC(C)C)cc(OC)c1OC. The Morgan fingerprint density at radius 3 is 2.27 bits per heavy atom. The summed E-state index contributed by atoms with van der Waals surface area (Å²) in [7, 11) is 4.61. The Labute approximate surface area is 154 Å². The minimum atomic E-state index is -0.306. The fourth-order valence-corrected chi connectivity index (χ4v) is 2.15. The van der Waals surface area contributed by atoms with E-state index < -0.39 is 0 Å². The molecule has 0 radical (unpaired) electrons. The number of oxime groups is 1. The second-order valence-electron chi connectivity index (χ2n) is 6.10. The number of nitrogens with zero attached hydrogens (tertiary/aromatic N) is 1. The normalized spacial score (nSPS) is 11.2. The molecule has 0 unspecified atom stereocenters. The van der Waals surface area contributed by atoms with E-state index in [0.717, 1.165) is 12.0 Å². The zero-order valence-corrected chi connectivity index (χ0v) is 16.1. The Bertz CT molecular complexity index is 592. The lowest BCUT2D eigenvalue weighted by molar-refractivity contribution is -0.125. The molecule has 0 aliphatic carbocycles. The highest BCUT2D eigenvalue weighted by Crippen LogP contribution is 2.38. The molecule has 0 aromatic heterocycles. The van der Waals surface area contributed by atoms with Crippen LogP contribution in [-0.4, -0.2) is 39.7 Å². The van der Waals surface area contributed by atoms with Crippen LogP contribution in [0, 0.1) is 5.92 Å². The molecule has 1 aromatic rings. The molecular formula is C18H29N3O5. The third-order valence-electron chi connectivity index (χ3n) is 3.57. The van der Waals surface area contributed by atoms with Gasteiger partial charge in [-0.15, -0.1) is 0 Å². The highest BCUT2D eigenvalue weighted by molar-refractivity contribution is 5.80. The number of benzene rings is 1. The van der Waals surface area contributed by atoms with Crippen LogP contribution < -0.4 is 25.3 Å². The lowest BCUT2D eigenvalue weighted by Gasteiger charge is -2.14. The summed E-state index contributed by atoms with van der Waals surface area (Å²) in [5.41, 5.74) is 6.52. The van der Waals surface area contributed by atoms with E-state index in [4.69, 9.17) is 24.8 Å². The Kier molecular flexibility index (Phi) is 9.11. The number of methoxy groups -OCH3 is 3. The molecular weight excluding hydrogens is 338 g/mol. The highest BCUT2D eigenvalue weighted by Gasteiger charge is 2.13. The highest BCUT2D eigenvalue weighted by atomic mass is 16.6. The summed E-state index contributed by atoms with van der Waals surface area (Å²) in [4.78, 5) is 16.8. The van der Waals surface area contributed by atoms with Crippen LogP contribution >= 0.6 is 0 Å². The van der Waals surface area contributed by atoms with E-state index in [2.05, 4.69) is 24.3 Å². The maximum Gasteiger partial charge on any atom is 0.261 e. The standard InChI is InChI=1S/C18H29N3O5/c1-12(2)6-7-16(19)21-26-11-17(22)20-10-13-8-14(23-3)18(25-5)15(9-13)24-4/h8-9,12H,6-7,10-11H2,1-5H3,(H2,19,21)(H,20,22). The summed E-state index contributed by atoms with van der Waals surface area (Å²) in [6, 6.07) is 3.54.